The van der Waals surface area contributed by atoms with Crippen LogP contribution in [0.2, 0.25) is 0 Å². The number of ether oxygens (including phenoxy) is 1. The third kappa shape index (κ3) is 3.53. The Labute approximate surface area is 180 Å². The molecular formula is C22H16F4N4O2. The minimum atomic E-state index is -3.01. The molecule has 1 aromatic heterocycles. The third-order valence-corrected chi connectivity index (χ3v) is 5.16. The topological polar surface area (TPSA) is 80.8 Å². The molecule has 0 fully saturated rings. The van der Waals surface area contributed by atoms with Gasteiger partial charge in [0, 0.05) is 24.4 Å². The van der Waals surface area contributed by atoms with Crippen molar-refractivity contribution in [2.75, 3.05) is 7.05 Å². The summed E-state index contributed by atoms with van der Waals surface area (Å²) >= 11 is 0. The quantitative estimate of drug-likeness (QED) is 0.481. The molecule has 32 heavy (non-hydrogen) atoms. The normalized spacial score (nSPS) is 18.2. The van der Waals surface area contributed by atoms with Crippen LogP contribution in [0.15, 0.2) is 65.8 Å². The lowest BCUT2D eigenvalue weighted by Crippen LogP contribution is -2.41. The van der Waals surface area contributed by atoms with Crippen LogP contribution in [-0.2, 0) is 10.3 Å². The van der Waals surface area contributed by atoms with Crippen LogP contribution < -0.4 is 10.5 Å². The number of hydrogen-bond acceptors (Lipinski definition) is 5. The zero-order chi connectivity index (χ0) is 23.0. The van der Waals surface area contributed by atoms with E-state index in [4.69, 9.17) is 5.73 Å². The number of halogens is 4. The largest absolute Gasteiger partial charge is 0.435 e. The van der Waals surface area contributed by atoms with Gasteiger partial charge in [-0.2, -0.15) is 13.2 Å². The predicted octanol–water partition coefficient (Wildman–Crippen LogP) is 3.66. The van der Waals surface area contributed by atoms with Crippen LogP contribution in [0.4, 0.5) is 17.6 Å². The van der Waals surface area contributed by atoms with E-state index < -0.39 is 29.8 Å². The molecule has 1 atom stereocenters. The van der Waals surface area contributed by atoms with E-state index >= 15 is 0 Å². The van der Waals surface area contributed by atoms with Gasteiger partial charge in [0.1, 0.15) is 11.6 Å². The first-order valence-electron chi connectivity index (χ1n) is 9.33. The summed E-state index contributed by atoms with van der Waals surface area (Å²) in [6.07, 6.45) is 1.17. The number of carbonyl (C=O) groups excluding carboxylic acids is 1. The number of aromatic nitrogens is 1. The second-order valence-electron chi connectivity index (χ2n) is 7.01. The van der Waals surface area contributed by atoms with Crippen LogP contribution in [0, 0.1) is 11.8 Å². The molecule has 2 heterocycles. The van der Waals surface area contributed by atoms with E-state index in [1.807, 2.05) is 0 Å². The Morgan fingerprint density at radius 1 is 1.03 bits per heavy atom. The number of rotatable bonds is 5. The Kier molecular flexibility index (Phi) is 5.29. The van der Waals surface area contributed by atoms with E-state index in [0.717, 1.165) is 17.0 Å². The fraction of sp³-hybridized carbons (Fsp3) is 0.136. The molecule has 0 unspecified atom stereocenters. The highest BCUT2D eigenvalue weighted by atomic mass is 19.3. The smallest absolute Gasteiger partial charge is 0.387 e. The Morgan fingerprint density at radius 3 is 2.28 bits per heavy atom. The molecule has 0 saturated carbocycles. The molecular weight excluding hydrogens is 428 g/mol. The first-order chi connectivity index (χ1) is 15.2. The predicted molar refractivity (Wildman–Crippen MR) is 108 cm³/mol. The van der Waals surface area contributed by atoms with Crippen molar-refractivity contribution in [1.29, 1.82) is 0 Å². The van der Waals surface area contributed by atoms with E-state index in [1.54, 1.807) is 0 Å². The van der Waals surface area contributed by atoms with Crippen molar-refractivity contribution in [3.8, 4) is 16.9 Å². The summed E-state index contributed by atoms with van der Waals surface area (Å²) in [5, 5.41) is 0. The molecule has 2 aromatic carbocycles. The van der Waals surface area contributed by atoms with Crippen LogP contribution >= 0.6 is 0 Å². The number of nitrogens with two attached hydrogens (primary N) is 1. The summed E-state index contributed by atoms with van der Waals surface area (Å²) < 4.78 is 57.2. The van der Waals surface area contributed by atoms with E-state index in [-0.39, 0.29) is 28.4 Å². The maximum atomic E-state index is 14.6. The number of guanidine groups is 1. The first kappa shape index (κ1) is 21.3. The van der Waals surface area contributed by atoms with Crippen LogP contribution in [0.3, 0.4) is 0 Å². The Balaban J connectivity index is 1.88. The maximum absolute atomic E-state index is 14.6. The highest BCUT2D eigenvalue weighted by Gasteiger charge is 2.49. The van der Waals surface area contributed by atoms with E-state index in [0.29, 0.717) is 5.56 Å². The Bertz CT molecular complexity index is 1200. The Morgan fingerprint density at radius 2 is 1.72 bits per heavy atom. The van der Waals surface area contributed by atoms with Crippen LogP contribution in [0.5, 0.6) is 5.75 Å². The van der Waals surface area contributed by atoms with E-state index in [9.17, 15) is 22.4 Å². The standard InChI is InChI=1S/C22H16F4N4O2/c1-30-19(31)22(29-21(30)27,13-3-6-15(7-4-13)32-20(25)26)14-5-8-17(23)16(10-14)12-2-9-18(24)28-11-12/h2-11,20H,1H3,(H2,27,29)/t22-/m0/s1. The molecule has 2 N–H and O–H groups in total. The van der Waals surface area contributed by atoms with E-state index in [1.165, 1.54) is 55.7 Å². The molecule has 1 amide bonds. The van der Waals surface area contributed by atoms with Gasteiger partial charge in [0.05, 0.1) is 0 Å². The number of likely N-dealkylation sites (N-methyl/N-ethyl adjacent to an activating group) is 1. The molecule has 0 bridgehead atoms. The van der Waals surface area contributed by atoms with Crippen LogP contribution in [0.1, 0.15) is 11.1 Å². The number of alkyl halides is 2. The summed E-state index contributed by atoms with van der Waals surface area (Å²) in [5.74, 6) is -2.04. The molecule has 0 spiro atoms. The summed E-state index contributed by atoms with van der Waals surface area (Å²) in [6.45, 7) is -3.01. The average molecular weight is 444 g/mol. The van der Waals surface area contributed by atoms with Crippen molar-refractivity contribution in [2.24, 2.45) is 10.7 Å². The number of hydrogen-bond donors (Lipinski definition) is 1. The van der Waals surface area contributed by atoms with Crippen molar-refractivity contribution in [1.82, 2.24) is 9.88 Å². The van der Waals surface area contributed by atoms with E-state index in [2.05, 4.69) is 14.7 Å². The molecule has 0 radical (unpaired) electrons. The van der Waals surface area contributed by atoms with Gasteiger partial charge >= 0.3 is 6.61 Å². The summed E-state index contributed by atoms with van der Waals surface area (Å²) in [7, 11) is 1.44. The number of benzene rings is 2. The summed E-state index contributed by atoms with van der Waals surface area (Å²) in [4.78, 5) is 22.4. The molecule has 0 aliphatic carbocycles. The molecule has 4 rings (SSSR count). The number of amides is 1. The lowest BCUT2D eigenvalue weighted by molar-refractivity contribution is -0.129. The molecule has 10 heteroatoms. The van der Waals surface area contributed by atoms with Crippen molar-refractivity contribution >= 4 is 11.9 Å². The summed E-state index contributed by atoms with van der Waals surface area (Å²) in [5.41, 5.74) is 5.18. The maximum Gasteiger partial charge on any atom is 0.387 e. The van der Waals surface area contributed by atoms with Crippen molar-refractivity contribution in [3.63, 3.8) is 0 Å². The molecule has 1 aliphatic rings. The number of carbonyl (C=O) groups is 1. The van der Waals surface area contributed by atoms with Crippen LogP contribution in [0.25, 0.3) is 11.1 Å². The fourth-order valence-electron chi connectivity index (χ4n) is 3.57. The molecule has 164 valence electrons. The van der Waals surface area contributed by atoms with Gasteiger partial charge in [-0.1, -0.05) is 18.2 Å². The van der Waals surface area contributed by atoms with Gasteiger partial charge in [-0.25, -0.2) is 14.4 Å². The highest BCUT2D eigenvalue weighted by Crippen LogP contribution is 2.41. The SMILES string of the molecule is CN1C(=O)[C@](c2ccc(OC(F)F)cc2)(c2ccc(F)c(-c3ccc(F)nc3)c2)N=C1N. The molecule has 1 aliphatic heterocycles. The van der Waals surface area contributed by atoms with Gasteiger partial charge in [0.15, 0.2) is 11.5 Å². The zero-order valence-corrected chi connectivity index (χ0v) is 16.6. The fourth-order valence-corrected chi connectivity index (χ4v) is 3.57. The number of nitrogens with zero attached hydrogens (tertiary/aromatic N) is 3. The highest BCUT2D eigenvalue weighted by molar-refractivity contribution is 6.09. The minimum absolute atomic E-state index is 0.0720. The monoisotopic (exact) mass is 444 g/mol. The number of aliphatic imine (C=N–C) groups is 1. The van der Waals surface area contributed by atoms with Gasteiger partial charge in [-0.3, -0.25) is 9.69 Å². The summed E-state index contributed by atoms with van der Waals surface area (Å²) in [6, 6.07) is 11.7. The zero-order valence-electron chi connectivity index (χ0n) is 16.6. The molecule has 6 nitrogen and oxygen atoms in total. The average Bonchev–Trinajstić information content (AvgIpc) is 3.00. The first-order valence-corrected chi connectivity index (χ1v) is 9.33. The van der Waals surface area contributed by atoms with Crippen molar-refractivity contribution in [3.05, 3.63) is 83.7 Å². The van der Waals surface area contributed by atoms with Gasteiger partial charge < -0.3 is 10.5 Å². The van der Waals surface area contributed by atoms with Crippen LogP contribution in [-0.4, -0.2) is 35.4 Å². The van der Waals surface area contributed by atoms with Gasteiger partial charge in [0.25, 0.3) is 5.91 Å². The van der Waals surface area contributed by atoms with Crippen molar-refractivity contribution in [2.45, 2.75) is 12.2 Å². The Hall–Kier alpha value is -3.95. The van der Waals surface area contributed by atoms with Gasteiger partial charge in [0.2, 0.25) is 5.95 Å². The second-order valence-corrected chi connectivity index (χ2v) is 7.01. The minimum Gasteiger partial charge on any atom is -0.435 e. The second kappa shape index (κ2) is 7.95. The molecule has 3 aromatic rings. The lowest BCUT2D eigenvalue weighted by atomic mass is 9.81. The van der Waals surface area contributed by atoms with Gasteiger partial charge in [-0.15, -0.1) is 0 Å². The molecule has 0 saturated heterocycles. The van der Waals surface area contributed by atoms with Gasteiger partial charge in [-0.05, 0) is 47.5 Å². The lowest BCUT2D eigenvalue weighted by Gasteiger charge is -2.27. The third-order valence-electron chi connectivity index (χ3n) is 5.16. The number of pyridine rings is 1. The van der Waals surface area contributed by atoms with Crippen molar-refractivity contribution < 1.29 is 27.1 Å².